The lowest BCUT2D eigenvalue weighted by atomic mass is 9.91. The van der Waals surface area contributed by atoms with Crippen LogP contribution in [0.15, 0.2) is 30.3 Å². The fourth-order valence-corrected chi connectivity index (χ4v) is 2.02. The predicted octanol–water partition coefficient (Wildman–Crippen LogP) is 0.400. The van der Waals surface area contributed by atoms with Crippen LogP contribution in [0.4, 0.5) is 0 Å². The number of aliphatic hydroxyl groups is 1. The van der Waals surface area contributed by atoms with E-state index in [1.807, 2.05) is 13.0 Å². The van der Waals surface area contributed by atoms with Crippen LogP contribution < -0.4 is 5.32 Å². The lowest BCUT2D eigenvalue weighted by Crippen LogP contribution is -2.64. The molecular weight excluding hydrogens is 244 g/mol. The minimum atomic E-state index is -0.737. The maximum atomic E-state index is 11.8. The molecule has 0 aliphatic carbocycles. The van der Waals surface area contributed by atoms with E-state index in [2.05, 4.69) is 5.32 Å². The number of nitrogens with one attached hydrogen (secondary N) is 1. The zero-order valence-corrected chi connectivity index (χ0v) is 10.9. The van der Waals surface area contributed by atoms with Gasteiger partial charge in [0, 0.05) is 5.56 Å². The number of carbonyl (C=O) groups excluding carboxylic acids is 2. The van der Waals surface area contributed by atoms with Crippen LogP contribution in [0.2, 0.25) is 0 Å². The van der Waals surface area contributed by atoms with Gasteiger partial charge in [0.15, 0.2) is 0 Å². The summed E-state index contributed by atoms with van der Waals surface area (Å²) in [7, 11) is 0. The number of hydrogen-bond acceptors (Lipinski definition) is 3. The van der Waals surface area contributed by atoms with E-state index in [1.54, 1.807) is 29.2 Å². The van der Waals surface area contributed by atoms with E-state index < -0.39 is 5.60 Å². The Balaban J connectivity index is 1.78. The van der Waals surface area contributed by atoms with E-state index >= 15 is 0 Å². The Morgan fingerprint density at radius 3 is 2.53 bits per heavy atom. The molecule has 1 aromatic rings. The maximum absolute atomic E-state index is 11.8. The van der Waals surface area contributed by atoms with Gasteiger partial charge in [-0.25, -0.2) is 0 Å². The van der Waals surface area contributed by atoms with Crippen molar-refractivity contribution >= 4 is 11.8 Å². The molecule has 1 fully saturated rings. The van der Waals surface area contributed by atoms with Crippen LogP contribution in [0.3, 0.4) is 0 Å². The molecule has 2 rings (SSSR count). The molecule has 0 bridgehead atoms. The first-order chi connectivity index (χ1) is 9.04. The van der Waals surface area contributed by atoms with Crippen molar-refractivity contribution in [2.24, 2.45) is 0 Å². The predicted molar refractivity (Wildman–Crippen MR) is 70.6 cm³/mol. The maximum Gasteiger partial charge on any atom is 0.251 e. The van der Waals surface area contributed by atoms with Gasteiger partial charge in [0.1, 0.15) is 0 Å². The highest BCUT2D eigenvalue weighted by Gasteiger charge is 2.41. The Morgan fingerprint density at radius 2 is 1.95 bits per heavy atom. The zero-order chi connectivity index (χ0) is 13.9. The summed E-state index contributed by atoms with van der Waals surface area (Å²) in [6, 6.07) is 8.76. The number of nitrogens with zero attached hydrogens (tertiary/aromatic N) is 1. The number of rotatable bonds is 4. The van der Waals surface area contributed by atoms with Gasteiger partial charge in [0.05, 0.1) is 25.2 Å². The molecule has 0 saturated carbocycles. The molecule has 0 spiro atoms. The second-order valence-corrected chi connectivity index (χ2v) is 4.88. The van der Waals surface area contributed by atoms with Gasteiger partial charge in [0.25, 0.3) is 5.91 Å². The Hall–Kier alpha value is -1.88. The number of likely N-dealkylation sites (tertiary alicyclic amines) is 1. The topological polar surface area (TPSA) is 69.6 Å². The average molecular weight is 262 g/mol. The molecule has 102 valence electrons. The lowest BCUT2D eigenvalue weighted by molar-refractivity contribution is -0.154. The highest BCUT2D eigenvalue weighted by molar-refractivity contribution is 5.96. The van der Waals surface area contributed by atoms with Gasteiger partial charge in [-0.3, -0.25) is 9.59 Å². The molecule has 1 aliphatic rings. The summed E-state index contributed by atoms with van der Waals surface area (Å²) >= 11 is 0. The first-order valence-corrected chi connectivity index (χ1v) is 6.37. The molecule has 0 atom stereocenters. The normalized spacial score (nSPS) is 16.6. The van der Waals surface area contributed by atoms with E-state index in [0.29, 0.717) is 25.1 Å². The van der Waals surface area contributed by atoms with Crippen LogP contribution >= 0.6 is 0 Å². The highest BCUT2D eigenvalue weighted by atomic mass is 16.3. The molecule has 0 unspecified atom stereocenters. The lowest BCUT2D eigenvalue weighted by Gasteiger charge is -2.46. The fourth-order valence-electron chi connectivity index (χ4n) is 2.02. The van der Waals surface area contributed by atoms with Crippen molar-refractivity contribution < 1.29 is 14.7 Å². The van der Waals surface area contributed by atoms with Crippen molar-refractivity contribution in [2.75, 3.05) is 19.6 Å². The first kappa shape index (κ1) is 13.5. The monoisotopic (exact) mass is 262 g/mol. The SMILES string of the molecule is CCC1(O)CN(C(=O)CNC(=O)c2ccccc2)C1. The zero-order valence-electron chi connectivity index (χ0n) is 10.9. The third-order valence-corrected chi connectivity index (χ3v) is 3.42. The minimum Gasteiger partial charge on any atom is -0.386 e. The Kier molecular flexibility index (Phi) is 3.85. The molecule has 1 saturated heterocycles. The van der Waals surface area contributed by atoms with Crippen LogP contribution in [-0.4, -0.2) is 47.1 Å². The highest BCUT2D eigenvalue weighted by Crippen LogP contribution is 2.23. The summed E-state index contributed by atoms with van der Waals surface area (Å²) in [4.78, 5) is 25.0. The Labute approximate surface area is 112 Å². The summed E-state index contributed by atoms with van der Waals surface area (Å²) in [6.45, 7) is 2.56. The first-order valence-electron chi connectivity index (χ1n) is 6.37. The van der Waals surface area contributed by atoms with Gasteiger partial charge in [0.2, 0.25) is 5.91 Å². The third kappa shape index (κ3) is 3.12. The average Bonchev–Trinajstić information content (AvgIpc) is 2.41. The molecule has 0 radical (unpaired) electrons. The van der Waals surface area contributed by atoms with Gasteiger partial charge in [-0.05, 0) is 18.6 Å². The van der Waals surface area contributed by atoms with Crippen LogP contribution in [0, 0.1) is 0 Å². The summed E-state index contributed by atoms with van der Waals surface area (Å²) in [5.41, 5.74) is -0.206. The summed E-state index contributed by atoms with van der Waals surface area (Å²) in [5, 5.41) is 12.4. The molecule has 0 aromatic heterocycles. The van der Waals surface area contributed by atoms with Crippen molar-refractivity contribution in [1.82, 2.24) is 10.2 Å². The van der Waals surface area contributed by atoms with Gasteiger partial charge in [-0.15, -0.1) is 0 Å². The molecule has 2 N–H and O–H groups in total. The Bertz CT molecular complexity index is 467. The number of amides is 2. The quantitative estimate of drug-likeness (QED) is 0.825. The molecular formula is C14H18N2O3. The van der Waals surface area contributed by atoms with Crippen molar-refractivity contribution in [3.63, 3.8) is 0 Å². The smallest absolute Gasteiger partial charge is 0.251 e. The number of benzene rings is 1. The second-order valence-electron chi connectivity index (χ2n) is 4.88. The van der Waals surface area contributed by atoms with E-state index in [9.17, 15) is 14.7 Å². The number of carbonyl (C=O) groups is 2. The van der Waals surface area contributed by atoms with E-state index in [1.165, 1.54) is 0 Å². The van der Waals surface area contributed by atoms with Crippen LogP contribution in [-0.2, 0) is 4.79 Å². The summed E-state index contributed by atoms with van der Waals surface area (Å²) in [6.07, 6.45) is 0.632. The van der Waals surface area contributed by atoms with Gasteiger partial charge in [-0.2, -0.15) is 0 Å². The van der Waals surface area contributed by atoms with E-state index in [4.69, 9.17) is 0 Å². The van der Waals surface area contributed by atoms with Crippen LogP contribution in [0.25, 0.3) is 0 Å². The summed E-state index contributed by atoms with van der Waals surface area (Å²) in [5.74, 6) is -0.428. The number of hydrogen-bond donors (Lipinski definition) is 2. The molecule has 1 aromatic carbocycles. The molecule has 1 heterocycles. The largest absolute Gasteiger partial charge is 0.386 e. The Morgan fingerprint density at radius 1 is 1.32 bits per heavy atom. The van der Waals surface area contributed by atoms with Crippen molar-refractivity contribution in [3.05, 3.63) is 35.9 Å². The van der Waals surface area contributed by atoms with E-state index in [-0.39, 0.29) is 18.4 Å². The van der Waals surface area contributed by atoms with Crippen molar-refractivity contribution in [1.29, 1.82) is 0 Å². The van der Waals surface area contributed by atoms with Gasteiger partial charge < -0.3 is 15.3 Å². The van der Waals surface area contributed by atoms with Crippen LogP contribution in [0.5, 0.6) is 0 Å². The standard InChI is InChI=1S/C14H18N2O3/c1-2-14(19)9-16(10-14)12(17)8-15-13(18)11-6-4-3-5-7-11/h3-7,19H,2,8-10H2,1H3,(H,15,18). The number of β-amino-alcohol motifs (C(OH)–C–C–N with tert-alkyl or cyclic N) is 1. The second kappa shape index (κ2) is 5.40. The van der Waals surface area contributed by atoms with E-state index in [0.717, 1.165) is 0 Å². The van der Waals surface area contributed by atoms with Crippen molar-refractivity contribution in [2.45, 2.75) is 18.9 Å². The molecule has 5 nitrogen and oxygen atoms in total. The van der Waals surface area contributed by atoms with Crippen LogP contribution in [0.1, 0.15) is 23.7 Å². The fraction of sp³-hybridized carbons (Fsp3) is 0.429. The van der Waals surface area contributed by atoms with Gasteiger partial charge in [-0.1, -0.05) is 25.1 Å². The van der Waals surface area contributed by atoms with Gasteiger partial charge >= 0.3 is 0 Å². The summed E-state index contributed by atoms with van der Waals surface area (Å²) < 4.78 is 0. The molecule has 1 aliphatic heterocycles. The van der Waals surface area contributed by atoms with Crippen molar-refractivity contribution in [3.8, 4) is 0 Å². The molecule has 5 heteroatoms. The minimum absolute atomic E-state index is 0.0342. The third-order valence-electron chi connectivity index (χ3n) is 3.42. The molecule has 19 heavy (non-hydrogen) atoms. The molecule has 2 amide bonds.